The number of alkyl carbamates (subject to hydrolysis) is 1. The summed E-state index contributed by atoms with van der Waals surface area (Å²) < 4.78 is 5.46. The van der Waals surface area contributed by atoms with Crippen LogP contribution in [0.15, 0.2) is 42.5 Å². The molecule has 39 heavy (non-hydrogen) atoms. The third kappa shape index (κ3) is 8.35. The van der Waals surface area contributed by atoms with Crippen molar-refractivity contribution >= 4 is 23.6 Å². The first-order valence-electron chi connectivity index (χ1n) is 13.6. The van der Waals surface area contributed by atoms with Gasteiger partial charge in [0.1, 0.15) is 17.7 Å². The van der Waals surface area contributed by atoms with E-state index in [1.807, 2.05) is 52.8 Å². The number of rotatable bonds is 10. The second kappa shape index (κ2) is 13.8. The highest BCUT2D eigenvalue weighted by atomic mass is 16.6. The molecule has 0 heterocycles. The van der Waals surface area contributed by atoms with Crippen molar-refractivity contribution in [1.82, 2.24) is 10.2 Å². The first kappa shape index (κ1) is 31.4. The molecule has 3 unspecified atom stereocenters. The Balaban J connectivity index is 2.63. The largest absolute Gasteiger partial charge is 0.444 e. The van der Waals surface area contributed by atoms with Gasteiger partial charge >= 0.3 is 6.09 Å². The summed E-state index contributed by atoms with van der Waals surface area (Å²) in [5.74, 6) is 1.71. The number of hydrogen-bond acceptors (Lipinski definition) is 4. The van der Waals surface area contributed by atoms with Gasteiger partial charge in [-0.3, -0.25) is 9.59 Å². The van der Waals surface area contributed by atoms with E-state index in [1.165, 1.54) is 4.90 Å². The van der Waals surface area contributed by atoms with Crippen LogP contribution in [0.2, 0.25) is 0 Å². The van der Waals surface area contributed by atoms with Gasteiger partial charge in [-0.05, 0) is 69.7 Å². The fraction of sp³-hybridized carbons (Fsp3) is 0.469. The number of para-hydroxylation sites is 1. The Morgan fingerprint density at radius 2 is 1.64 bits per heavy atom. The van der Waals surface area contributed by atoms with Gasteiger partial charge in [-0.25, -0.2) is 4.79 Å². The molecule has 0 aliphatic carbocycles. The van der Waals surface area contributed by atoms with Crippen LogP contribution in [0.3, 0.4) is 0 Å². The fourth-order valence-electron chi connectivity index (χ4n) is 4.42. The molecule has 7 heteroatoms. The monoisotopic (exact) mass is 533 g/mol. The average molecular weight is 534 g/mol. The summed E-state index contributed by atoms with van der Waals surface area (Å²) in [4.78, 5) is 42.6. The van der Waals surface area contributed by atoms with Crippen molar-refractivity contribution in [3.63, 3.8) is 0 Å². The number of terminal acetylenes is 1. The van der Waals surface area contributed by atoms with Crippen LogP contribution in [0.25, 0.3) is 0 Å². The normalized spacial score (nSPS) is 13.4. The number of anilines is 1. The van der Waals surface area contributed by atoms with E-state index < -0.39 is 23.8 Å². The van der Waals surface area contributed by atoms with E-state index in [0.29, 0.717) is 29.7 Å². The van der Waals surface area contributed by atoms with E-state index in [4.69, 9.17) is 11.2 Å². The van der Waals surface area contributed by atoms with Gasteiger partial charge in [0.15, 0.2) is 0 Å². The predicted molar refractivity (Wildman–Crippen MR) is 156 cm³/mol. The lowest BCUT2D eigenvalue weighted by Crippen LogP contribution is -2.55. The highest BCUT2D eigenvalue weighted by molar-refractivity contribution is 6.00. The smallest absolute Gasteiger partial charge is 0.408 e. The van der Waals surface area contributed by atoms with Gasteiger partial charge in [0, 0.05) is 17.8 Å². The Morgan fingerprint density at radius 1 is 1.03 bits per heavy atom. The van der Waals surface area contributed by atoms with Gasteiger partial charge < -0.3 is 20.3 Å². The van der Waals surface area contributed by atoms with E-state index in [1.54, 1.807) is 45.0 Å². The summed E-state index contributed by atoms with van der Waals surface area (Å²) in [6.45, 7) is 15.2. The molecule has 0 saturated carbocycles. The first-order valence-corrected chi connectivity index (χ1v) is 13.6. The second-order valence-corrected chi connectivity index (χ2v) is 10.9. The number of nitrogens with zero attached hydrogens (tertiary/aromatic N) is 1. The molecule has 3 atom stereocenters. The van der Waals surface area contributed by atoms with Gasteiger partial charge in [0.2, 0.25) is 5.91 Å². The molecule has 0 saturated heterocycles. The fourth-order valence-corrected chi connectivity index (χ4v) is 4.42. The maximum absolute atomic E-state index is 14.3. The van der Waals surface area contributed by atoms with Crippen molar-refractivity contribution in [2.24, 2.45) is 5.92 Å². The summed E-state index contributed by atoms with van der Waals surface area (Å²) in [6, 6.07) is 11.0. The van der Waals surface area contributed by atoms with E-state index in [0.717, 1.165) is 11.1 Å². The molecule has 0 aliphatic rings. The van der Waals surface area contributed by atoms with Gasteiger partial charge in [-0.1, -0.05) is 69.5 Å². The maximum Gasteiger partial charge on any atom is 0.408 e. The maximum atomic E-state index is 14.3. The lowest BCUT2D eigenvalue weighted by atomic mass is 9.94. The molecule has 0 fully saturated rings. The molecule has 7 nitrogen and oxygen atoms in total. The molecular formula is C32H43N3O4. The lowest BCUT2D eigenvalue weighted by molar-refractivity contribution is -0.141. The van der Waals surface area contributed by atoms with Crippen LogP contribution in [0.4, 0.5) is 10.5 Å². The van der Waals surface area contributed by atoms with Crippen LogP contribution in [-0.2, 0) is 14.3 Å². The van der Waals surface area contributed by atoms with Gasteiger partial charge in [0.25, 0.3) is 5.91 Å². The molecule has 2 aromatic carbocycles. The Bertz CT molecular complexity index is 1190. The zero-order valence-corrected chi connectivity index (χ0v) is 24.6. The van der Waals surface area contributed by atoms with Crippen LogP contribution in [0, 0.1) is 32.1 Å². The third-order valence-corrected chi connectivity index (χ3v) is 6.60. The number of amides is 3. The Kier molecular flexibility index (Phi) is 11.2. The Morgan fingerprint density at radius 3 is 2.18 bits per heavy atom. The minimum Gasteiger partial charge on any atom is -0.444 e. The SMILES string of the molecule is C#Cc1ccccc1C(C(=O)Nc1c(C)cccc1C)N(CCC)C(=O)C(NC(=O)OC(C)(C)C)C(C)CC. The number of hydrogen-bond donors (Lipinski definition) is 2. The zero-order valence-electron chi connectivity index (χ0n) is 24.6. The second-order valence-electron chi connectivity index (χ2n) is 10.9. The van der Waals surface area contributed by atoms with E-state index in [2.05, 4.69) is 16.6 Å². The van der Waals surface area contributed by atoms with Crippen molar-refractivity contribution in [1.29, 1.82) is 0 Å². The predicted octanol–water partition coefficient (Wildman–Crippen LogP) is 6.14. The molecule has 0 aliphatic heterocycles. The molecule has 2 rings (SSSR count). The van der Waals surface area contributed by atoms with Crippen LogP contribution < -0.4 is 10.6 Å². The quantitative estimate of drug-likeness (QED) is 0.359. The van der Waals surface area contributed by atoms with E-state index in [9.17, 15) is 14.4 Å². The summed E-state index contributed by atoms with van der Waals surface area (Å²) in [7, 11) is 0. The van der Waals surface area contributed by atoms with Crippen LogP contribution in [0.1, 0.15) is 82.7 Å². The number of carbonyl (C=O) groups excluding carboxylic acids is 3. The number of carbonyl (C=O) groups is 3. The summed E-state index contributed by atoms with van der Waals surface area (Å²) in [6.07, 6.45) is 6.38. The zero-order chi connectivity index (χ0) is 29.3. The van der Waals surface area contributed by atoms with Crippen molar-refractivity contribution in [2.45, 2.75) is 85.9 Å². The molecule has 3 amide bonds. The summed E-state index contributed by atoms with van der Waals surface area (Å²) >= 11 is 0. The molecule has 2 aromatic rings. The Hall–Kier alpha value is -3.79. The standard InChI is InChI=1S/C32H43N3O4/c1-10-20-35(30(37)27(21(4)11-2)34-31(38)39-32(7,8)9)28(25-19-14-13-18-24(25)12-3)29(36)33-26-22(5)16-15-17-23(26)6/h3,13-19,21,27-28H,10-11,20H2,1-2,4-9H3,(H,33,36)(H,34,38). The van der Waals surface area contributed by atoms with E-state index >= 15 is 0 Å². The summed E-state index contributed by atoms with van der Waals surface area (Å²) in [5, 5.41) is 5.84. The average Bonchev–Trinajstić information content (AvgIpc) is 2.87. The number of benzene rings is 2. The number of aryl methyl sites for hydroxylation is 2. The third-order valence-electron chi connectivity index (χ3n) is 6.60. The van der Waals surface area contributed by atoms with Crippen LogP contribution in [-0.4, -0.2) is 41.0 Å². The van der Waals surface area contributed by atoms with Gasteiger partial charge in [-0.2, -0.15) is 0 Å². The minimum atomic E-state index is -1.02. The Labute approximate surface area is 233 Å². The number of nitrogens with one attached hydrogen (secondary N) is 2. The van der Waals surface area contributed by atoms with Crippen LogP contribution in [0.5, 0.6) is 0 Å². The van der Waals surface area contributed by atoms with Crippen molar-refractivity contribution < 1.29 is 19.1 Å². The molecular weight excluding hydrogens is 490 g/mol. The first-order chi connectivity index (χ1) is 18.3. The summed E-state index contributed by atoms with van der Waals surface area (Å²) in [5.41, 5.74) is 2.85. The molecule has 0 aromatic heterocycles. The van der Waals surface area contributed by atoms with Gasteiger partial charge in [-0.15, -0.1) is 6.42 Å². The molecule has 0 bridgehead atoms. The van der Waals surface area contributed by atoms with Gasteiger partial charge in [0.05, 0.1) is 0 Å². The van der Waals surface area contributed by atoms with E-state index in [-0.39, 0.29) is 24.3 Å². The highest BCUT2D eigenvalue weighted by Crippen LogP contribution is 2.30. The minimum absolute atomic E-state index is 0.213. The number of ether oxygens (including phenoxy) is 1. The topological polar surface area (TPSA) is 87.7 Å². The van der Waals surface area contributed by atoms with Crippen LogP contribution >= 0.6 is 0 Å². The van der Waals surface area contributed by atoms with Crippen molar-refractivity contribution in [2.75, 3.05) is 11.9 Å². The molecule has 0 radical (unpaired) electrons. The molecule has 210 valence electrons. The van der Waals surface area contributed by atoms with Crippen molar-refractivity contribution in [3.8, 4) is 12.3 Å². The van der Waals surface area contributed by atoms with Crippen molar-refractivity contribution in [3.05, 3.63) is 64.7 Å². The molecule has 0 spiro atoms. The lowest BCUT2D eigenvalue weighted by Gasteiger charge is -2.36. The highest BCUT2D eigenvalue weighted by Gasteiger charge is 2.38. The molecule has 2 N–H and O–H groups in total.